The number of halogens is 2. The Balaban J connectivity index is 3.24. The average molecular weight is 206 g/mol. The molecule has 0 amide bonds. The van der Waals surface area contributed by atoms with E-state index in [1.807, 2.05) is 6.07 Å². The number of carbonyl (C=O) groups is 1. The van der Waals surface area contributed by atoms with Crippen LogP contribution in [-0.2, 0) is 0 Å². The topological polar surface area (TPSA) is 40.9 Å². The van der Waals surface area contributed by atoms with Gasteiger partial charge in [-0.3, -0.25) is 4.79 Å². The Labute approximate surface area is 77.0 Å². The molecule has 56 valence electrons. The van der Waals surface area contributed by atoms with Crippen LogP contribution in [0.3, 0.4) is 0 Å². The average Bonchev–Trinajstić information content (AvgIpc) is 2.30. The molecule has 0 radical (unpaired) electrons. The van der Waals surface area contributed by atoms with Crippen molar-refractivity contribution in [3.8, 4) is 6.07 Å². The molecule has 0 fully saturated rings. The van der Waals surface area contributed by atoms with Gasteiger partial charge in [-0.1, -0.05) is 11.6 Å². The van der Waals surface area contributed by atoms with Crippen molar-refractivity contribution in [3.63, 3.8) is 0 Å². The number of rotatable bonds is 1. The summed E-state index contributed by atoms with van der Waals surface area (Å²) in [6.07, 6.45) is 0. The summed E-state index contributed by atoms with van der Waals surface area (Å²) in [5, 5.41) is 9.46. The van der Waals surface area contributed by atoms with Crippen LogP contribution in [0.25, 0.3) is 0 Å². The van der Waals surface area contributed by atoms with Crippen molar-refractivity contribution in [2.24, 2.45) is 0 Å². The van der Waals surface area contributed by atoms with Gasteiger partial charge in [0.25, 0.3) is 5.24 Å². The van der Waals surface area contributed by atoms with E-state index in [0.29, 0.717) is 5.56 Å². The van der Waals surface area contributed by atoms with Crippen LogP contribution >= 0.6 is 34.5 Å². The van der Waals surface area contributed by atoms with E-state index in [1.54, 1.807) is 0 Å². The molecule has 0 aromatic carbocycles. The SMILES string of the molecule is N#Cc1csc(C(=O)Cl)c1Cl. The summed E-state index contributed by atoms with van der Waals surface area (Å²) in [5.41, 5.74) is 0.292. The third-order valence-corrected chi connectivity index (χ3v) is 2.81. The van der Waals surface area contributed by atoms with Gasteiger partial charge in [-0.25, -0.2) is 0 Å². The van der Waals surface area contributed by atoms with Gasteiger partial charge in [0.2, 0.25) is 0 Å². The van der Waals surface area contributed by atoms with Gasteiger partial charge >= 0.3 is 0 Å². The summed E-state index contributed by atoms with van der Waals surface area (Å²) in [5.74, 6) is 0. The molecule has 0 aliphatic heterocycles. The first-order chi connectivity index (χ1) is 5.16. The molecule has 0 atom stereocenters. The molecule has 1 rings (SSSR count). The number of nitrogens with zero attached hydrogens (tertiary/aromatic N) is 1. The first-order valence-corrected chi connectivity index (χ1v) is 4.17. The molecule has 2 nitrogen and oxygen atoms in total. The molecule has 0 N–H and O–H groups in total. The predicted octanol–water partition coefficient (Wildman–Crippen LogP) is 2.65. The highest BCUT2D eigenvalue weighted by molar-refractivity contribution is 7.14. The first-order valence-electron chi connectivity index (χ1n) is 2.53. The molecule has 0 unspecified atom stereocenters. The van der Waals surface area contributed by atoms with Crippen LogP contribution in [0.2, 0.25) is 5.02 Å². The summed E-state index contributed by atoms with van der Waals surface area (Å²) >= 11 is 11.8. The Morgan fingerprint density at radius 3 is 2.64 bits per heavy atom. The molecule has 1 aromatic rings. The van der Waals surface area contributed by atoms with Gasteiger partial charge in [0, 0.05) is 5.38 Å². The molecule has 0 spiro atoms. The molecule has 1 aromatic heterocycles. The maximum Gasteiger partial charge on any atom is 0.263 e. The Hall–Kier alpha value is -0.560. The van der Waals surface area contributed by atoms with Gasteiger partial charge in [0.15, 0.2) is 0 Å². The lowest BCUT2D eigenvalue weighted by atomic mass is 10.3. The second kappa shape index (κ2) is 3.22. The number of nitriles is 1. The number of thiophene rings is 1. The molecule has 11 heavy (non-hydrogen) atoms. The van der Waals surface area contributed by atoms with Gasteiger partial charge in [-0.2, -0.15) is 5.26 Å². The van der Waals surface area contributed by atoms with Crippen LogP contribution in [0.1, 0.15) is 15.2 Å². The van der Waals surface area contributed by atoms with Crippen molar-refractivity contribution in [2.45, 2.75) is 0 Å². The lowest BCUT2D eigenvalue weighted by Crippen LogP contribution is -1.82. The minimum Gasteiger partial charge on any atom is -0.275 e. The maximum atomic E-state index is 10.6. The van der Waals surface area contributed by atoms with Crippen LogP contribution < -0.4 is 0 Å². The Kier molecular flexibility index (Phi) is 2.50. The van der Waals surface area contributed by atoms with Crippen LogP contribution in [0.15, 0.2) is 5.38 Å². The molecule has 1 heterocycles. The molecule has 5 heteroatoms. The normalized spacial score (nSPS) is 9.18. The van der Waals surface area contributed by atoms with Gasteiger partial charge in [-0.15, -0.1) is 11.3 Å². The van der Waals surface area contributed by atoms with Crippen LogP contribution in [0, 0.1) is 11.3 Å². The number of hydrogen-bond donors (Lipinski definition) is 0. The van der Waals surface area contributed by atoms with Crippen LogP contribution in [0.4, 0.5) is 0 Å². The zero-order valence-electron chi connectivity index (χ0n) is 5.10. The standard InChI is InChI=1S/C6HCl2NOS/c7-4-3(1-9)2-11-5(4)6(8)10/h2H. The van der Waals surface area contributed by atoms with E-state index in [4.69, 9.17) is 28.5 Å². The van der Waals surface area contributed by atoms with Crippen molar-refractivity contribution in [1.82, 2.24) is 0 Å². The fraction of sp³-hybridized carbons (Fsp3) is 0. The fourth-order valence-electron chi connectivity index (χ4n) is 0.552. The quantitative estimate of drug-likeness (QED) is 0.662. The minimum absolute atomic E-state index is 0.150. The molecule has 0 bridgehead atoms. The van der Waals surface area contributed by atoms with Gasteiger partial charge in [-0.05, 0) is 11.6 Å². The molecule has 0 aliphatic rings. The molecule has 0 saturated carbocycles. The highest BCUT2D eigenvalue weighted by Gasteiger charge is 2.13. The fourth-order valence-corrected chi connectivity index (χ4v) is 1.92. The highest BCUT2D eigenvalue weighted by Crippen LogP contribution is 2.28. The summed E-state index contributed by atoms with van der Waals surface area (Å²) in [7, 11) is 0. The van der Waals surface area contributed by atoms with Gasteiger partial charge in [0.05, 0.1) is 10.6 Å². The lowest BCUT2D eigenvalue weighted by molar-refractivity contribution is 0.108. The third kappa shape index (κ3) is 1.54. The van der Waals surface area contributed by atoms with Crippen LogP contribution in [-0.4, -0.2) is 5.24 Å². The molecular formula is C6HCl2NOS. The molecule has 0 aliphatic carbocycles. The van der Waals surface area contributed by atoms with E-state index in [9.17, 15) is 4.79 Å². The third-order valence-electron chi connectivity index (χ3n) is 1.03. The smallest absolute Gasteiger partial charge is 0.263 e. The summed E-state index contributed by atoms with van der Waals surface area (Å²) in [6, 6.07) is 1.84. The zero-order valence-corrected chi connectivity index (χ0v) is 7.43. The van der Waals surface area contributed by atoms with Crippen molar-refractivity contribution < 1.29 is 4.79 Å². The van der Waals surface area contributed by atoms with Crippen molar-refractivity contribution in [1.29, 1.82) is 5.26 Å². The van der Waals surface area contributed by atoms with Gasteiger partial charge < -0.3 is 0 Å². The van der Waals surface area contributed by atoms with Crippen molar-refractivity contribution in [3.05, 3.63) is 20.8 Å². The monoisotopic (exact) mass is 205 g/mol. The molecule has 0 saturated heterocycles. The second-order valence-corrected chi connectivity index (χ2v) is 3.28. The lowest BCUT2D eigenvalue weighted by Gasteiger charge is -1.85. The Morgan fingerprint density at radius 1 is 1.73 bits per heavy atom. The predicted molar refractivity (Wildman–Crippen MR) is 44.2 cm³/mol. The second-order valence-electron chi connectivity index (χ2n) is 1.68. The first kappa shape index (κ1) is 8.54. The summed E-state index contributed by atoms with van der Waals surface area (Å²) < 4.78 is 0. The Morgan fingerprint density at radius 2 is 2.36 bits per heavy atom. The van der Waals surface area contributed by atoms with E-state index >= 15 is 0 Å². The van der Waals surface area contributed by atoms with E-state index in [2.05, 4.69) is 0 Å². The maximum absolute atomic E-state index is 10.6. The summed E-state index contributed by atoms with van der Waals surface area (Å²) in [4.78, 5) is 10.8. The van der Waals surface area contributed by atoms with Crippen molar-refractivity contribution in [2.75, 3.05) is 0 Å². The number of hydrogen-bond acceptors (Lipinski definition) is 3. The van der Waals surface area contributed by atoms with E-state index in [-0.39, 0.29) is 9.90 Å². The largest absolute Gasteiger partial charge is 0.275 e. The van der Waals surface area contributed by atoms with E-state index in [0.717, 1.165) is 11.3 Å². The van der Waals surface area contributed by atoms with E-state index < -0.39 is 5.24 Å². The molecular weight excluding hydrogens is 205 g/mol. The number of carbonyl (C=O) groups excluding carboxylic acids is 1. The van der Waals surface area contributed by atoms with E-state index in [1.165, 1.54) is 5.38 Å². The minimum atomic E-state index is -0.624. The van der Waals surface area contributed by atoms with Crippen molar-refractivity contribution >= 4 is 39.8 Å². The van der Waals surface area contributed by atoms with Crippen LogP contribution in [0.5, 0.6) is 0 Å². The zero-order chi connectivity index (χ0) is 8.43. The highest BCUT2D eigenvalue weighted by atomic mass is 35.5. The van der Waals surface area contributed by atoms with Gasteiger partial charge in [0.1, 0.15) is 10.9 Å². The Bertz CT molecular complexity index is 339. The summed E-state index contributed by atoms with van der Waals surface area (Å²) in [6.45, 7) is 0.